The van der Waals surface area contributed by atoms with Gasteiger partial charge in [-0.25, -0.2) is 0 Å². The first-order valence-electron chi connectivity index (χ1n) is 6.72. The topological polar surface area (TPSA) is 29.5 Å². The summed E-state index contributed by atoms with van der Waals surface area (Å²) in [4.78, 5) is 0. The lowest BCUT2D eigenvalue weighted by Gasteiger charge is -2.14. The van der Waals surface area contributed by atoms with Gasteiger partial charge in [-0.3, -0.25) is 0 Å². The normalized spacial score (nSPS) is 12.5. The van der Waals surface area contributed by atoms with Gasteiger partial charge in [-0.1, -0.05) is 41.9 Å². The van der Waals surface area contributed by atoms with E-state index in [2.05, 4.69) is 35.8 Å². The zero-order chi connectivity index (χ0) is 14.7. The molecular formula is C17H19BrO2. The van der Waals surface area contributed by atoms with Gasteiger partial charge in [0, 0.05) is 4.47 Å². The number of hydrogen-bond acceptors (Lipinski definition) is 2. The summed E-state index contributed by atoms with van der Waals surface area (Å²) in [5.74, 6) is 2.03. The molecule has 1 atom stereocenters. The van der Waals surface area contributed by atoms with Gasteiger partial charge in [0.2, 0.25) is 0 Å². The van der Waals surface area contributed by atoms with Crippen molar-refractivity contribution >= 4 is 15.9 Å². The lowest BCUT2D eigenvalue weighted by molar-refractivity contribution is 0.199. The molecule has 2 aromatic rings. The number of aliphatic hydroxyl groups excluding tert-OH is 1. The van der Waals surface area contributed by atoms with E-state index in [4.69, 9.17) is 4.74 Å². The van der Waals surface area contributed by atoms with E-state index < -0.39 is 6.10 Å². The average Bonchev–Trinajstić information content (AvgIpc) is 2.41. The van der Waals surface area contributed by atoms with Crippen molar-refractivity contribution in [3.05, 3.63) is 58.1 Å². The van der Waals surface area contributed by atoms with E-state index in [9.17, 15) is 5.11 Å². The summed E-state index contributed by atoms with van der Waals surface area (Å²) in [6.07, 6.45) is -0.456. The lowest BCUT2D eigenvalue weighted by atomic mass is 10.0. The van der Waals surface area contributed by atoms with Crippen LogP contribution in [0.3, 0.4) is 0 Å². The fourth-order valence-electron chi connectivity index (χ4n) is 2.00. The molecule has 0 saturated carbocycles. The maximum absolute atomic E-state index is 9.51. The van der Waals surface area contributed by atoms with Crippen molar-refractivity contribution in [3.63, 3.8) is 0 Å². The second-order valence-electron chi connectivity index (χ2n) is 5.18. The Morgan fingerprint density at radius 1 is 1.00 bits per heavy atom. The Morgan fingerprint density at radius 3 is 2.20 bits per heavy atom. The molecule has 1 N–H and O–H groups in total. The molecule has 0 heterocycles. The summed E-state index contributed by atoms with van der Waals surface area (Å²) >= 11 is 3.49. The number of benzene rings is 2. The Labute approximate surface area is 128 Å². The molecule has 0 aromatic heterocycles. The van der Waals surface area contributed by atoms with E-state index >= 15 is 0 Å². The van der Waals surface area contributed by atoms with Crippen molar-refractivity contribution in [2.24, 2.45) is 0 Å². The Balaban J connectivity index is 2.25. The Bertz CT molecular complexity index is 574. The van der Waals surface area contributed by atoms with Gasteiger partial charge in [0.15, 0.2) is 0 Å². The lowest BCUT2D eigenvalue weighted by Crippen LogP contribution is -1.95. The smallest absolute Gasteiger partial charge is 0.130 e. The highest BCUT2D eigenvalue weighted by Gasteiger charge is 2.10. The van der Waals surface area contributed by atoms with Gasteiger partial charge in [-0.2, -0.15) is 0 Å². The van der Waals surface area contributed by atoms with E-state index in [1.807, 2.05) is 36.4 Å². The molecule has 2 aromatic carbocycles. The monoisotopic (exact) mass is 334 g/mol. The van der Waals surface area contributed by atoms with Gasteiger partial charge in [0.05, 0.1) is 6.10 Å². The summed E-state index contributed by atoms with van der Waals surface area (Å²) in [6, 6.07) is 13.6. The highest BCUT2D eigenvalue weighted by molar-refractivity contribution is 9.10. The molecule has 2 nitrogen and oxygen atoms in total. The molecule has 0 radical (unpaired) electrons. The first-order chi connectivity index (χ1) is 9.47. The molecule has 0 aliphatic heterocycles. The molecule has 106 valence electrons. The molecule has 0 saturated heterocycles. The van der Waals surface area contributed by atoms with Crippen molar-refractivity contribution < 1.29 is 9.84 Å². The third-order valence-electron chi connectivity index (χ3n) is 3.18. The maximum atomic E-state index is 9.51. The van der Waals surface area contributed by atoms with Gasteiger partial charge >= 0.3 is 0 Å². The van der Waals surface area contributed by atoms with Crippen LogP contribution in [-0.2, 0) is 0 Å². The maximum Gasteiger partial charge on any atom is 0.130 e. The highest BCUT2D eigenvalue weighted by Crippen LogP contribution is 2.33. The van der Waals surface area contributed by atoms with Crippen LogP contribution in [0, 0.1) is 0 Å². The minimum Gasteiger partial charge on any atom is -0.457 e. The van der Waals surface area contributed by atoms with Crippen LogP contribution in [-0.4, -0.2) is 5.11 Å². The molecule has 0 fully saturated rings. The molecular weight excluding hydrogens is 316 g/mol. The van der Waals surface area contributed by atoms with Crippen molar-refractivity contribution in [2.75, 3.05) is 0 Å². The van der Waals surface area contributed by atoms with Crippen LogP contribution >= 0.6 is 15.9 Å². The molecule has 0 unspecified atom stereocenters. The number of hydrogen-bond donors (Lipinski definition) is 1. The third kappa shape index (κ3) is 3.62. The zero-order valence-corrected chi connectivity index (χ0v) is 13.5. The van der Waals surface area contributed by atoms with Crippen LogP contribution in [0.15, 0.2) is 46.9 Å². The fraction of sp³-hybridized carbons (Fsp3) is 0.294. The predicted molar refractivity (Wildman–Crippen MR) is 85.4 cm³/mol. The second-order valence-corrected chi connectivity index (χ2v) is 6.10. The molecule has 3 heteroatoms. The molecule has 0 amide bonds. The minimum absolute atomic E-state index is 0.388. The Kier molecular flexibility index (Phi) is 4.84. The zero-order valence-electron chi connectivity index (χ0n) is 11.9. The standard InChI is InChI=1S/C17H19BrO2/c1-11(2)16-10-14(18)6-9-17(16)20-15-7-4-13(5-8-15)12(3)19/h4-12,19H,1-3H3/t12-/m0/s1. The molecule has 0 aliphatic rings. The van der Waals surface area contributed by atoms with E-state index in [1.54, 1.807) is 6.92 Å². The third-order valence-corrected chi connectivity index (χ3v) is 3.68. The molecule has 2 rings (SSSR count). The van der Waals surface area contributed by atoms with Gasteiger partial charge in [0.25, 0.3) is 0 Å². The minimum atomic E-state index is -0.456. The summed E-state index contributed by atoms with van der Waals surface area (Å²) in [5, 5.41) is 9.51. The average molecular weight is 335 g/mol. The largest absolute Gasteiger partial charge is 0.457 e. The van der Waals surface area contributed by atoms with Crippen LogP contribution in [0.4, 0.5) is 0 Å². The number of aliphatic hydroxyl groups is 1. The predicted octanol–water partition coefficient (Wildman–Crippen LogP) is 5.42. The van der Waals surface area contributed by atoms with Crippen molar-refractivity contribution in [1.82, 2.24) is 0 Å². The quantitative estimate of drug-likeness (QED) is 0.809. The summed E-state index contributed by atoms with van der Waals surface area (Å²) < 4.78 is 7.01. The van der Waals surface area contributed by atoms with Gasteiger partial charge in [-0.05, 0) is 54.3 Å². The van der Waals surface area contributed by atoms with Crippen molar-refractivity contribution in [3.8, 4) is 11.5 Å². The number of ether oxygens (including phenoxy) is 1. The summed E-state index contributed by atoms with van der Waals surface area (Å²) in [6.45, 7) is 6.04. The van der Waals surface area contributed by atoms with Crippen LogP contribution in [0.1, 0.15) is 43.9 Å². The van der Waals surface area contributed by atoms with Crippen LogP contribution in [0.2, 0.25) is 0 Å². The first kappa shape index (κ1) is 15.1. The number of rotatable bonds is 4. The molecule has 0 aliphatic carbocycles. The van der Waals surface area contributed by atoms with E-state index in [0.717, 1.165) is 21.5 Å². The first-order valence-corrected chi connectivity index (χ1v) is 7.52. The molecule has 0 spiro atoms. The second kappa shape index (κ2) is 6.42. The van der Waals surface area contributed by atoms with Gasteiger partial charge in [0.1, 0.15) is 11.5 Å². The van der Waals surface area contributed by atoms with E-state index in [1.165, 1.54) is 5.56 Å². The molecule has 20 heavy (non-hydrogen) atoms. The van der Waals surface area contributed by atoms with Gasteiger partial charge < -0.3 is 9.84 Å². The van der Waals surface area contributed by atoms with E-state index in [-0.39, 0.29) is 0 Å². The van der Waals surface area contributed by atoms with Crippen LogP contribution in [0.5, 0.6) is 11.5 Å². The SMILES string of the molecule is CC(C)c1cc(Br)ccc1Oc1ccc([C@H](C)O)cc1. The van der Waals surface area contributed by atoms with Gasteiger partial charge in [-0.15, -0.1) is 0 Å². The number of halogens is 1. The van der Waals surface area contributed by atoms with Crippen molar-refractivity contribution in [1.29, 1.82) is 0 Å². The highest BCUT2D eigenvalue weighted by atomic mass is 79.9. The van der Waals surface area contributed by atoms with E-state index in [0.29, 0.717) is 5.92 Å². The van der Waals surface area contributed by atoms with Crippen LogP contribution in [0.25, 0.3) is 0 Å². The Hall–Kier alpha value is -1.32. The Morgan fingerprint density at radius 2 is 1.65 bits per heavy atom. The summed E-state index contributed by atoms with van der Waals surface area (Å²) in [7, 11) is 0. The molecule has 0 bridgehead atoms. The van der Waals surface area contributed by atoms with Crippen LogP contribution < -0.4 is 4.74 Å². The summed E-state index contributed by atoms with van der Waals surface area (Å²) in [5.41, 5.74) is 2.05. The van der Waals surface area contributed by atoms with Crippen molar-refractivity contribution in [2.45, 2.75) is 32.8 Å². The fourth-order valence-corrected chi connectivity index (χ4v) is 2.38.